The van der Waals surface area contributed by atoms with Crippen LogP contribution in [0.5, 0.6) is 0 Å². The second-order valence-corrected chi connectivity index (χ2v) is 7.66. The first-order valence-corrected chi connectivity index (χ1v) is 10.0. The topological polar surface area (TPSA) is 94.2 Å². The number of halogens is 1. The maximum Gasteiger partial charge on any atom is 0.332 e. The third kappa shape index (κ3) is 3.85. The summed E-state index contributed by atoms with van der Waals surface area (Å²) >= 11 is 6.17. The molecule has 2 aromatic heterocycles. The van der Waals surface area contributed by atoms with Crippen LogP contribution in [0.2, 0.25) is 5.28 Å². The fourth-order valence-electron chi connectivity index (χ4n) is 3.49. The summed E-state index contributed by atoms with van der Waals surface area (Å²) in [6.45, 7) is 7.01. The molecule has 1 N–H and O–H groups in total. The number of aromatic nitrogens is 4. The first kappa shape index (κ1) is 21.6. The summed E-state index contributed by atoms with van der Waals surface area (Å²) in [5, 5.41) is 2.77. The summed E-state index contributed by atoms with van der Waals surface area (Å²) < 4.78 is 3.49. The molecule has 3 aromatic rings. The largest absolute Gasteiger partial charge is 0.369 e. The van der Waals surface area contributed by atoms with E-state index in [9.17, 15) is 14.4 Å². The molecule has 1 aromatic carbocycles. The molecule has 30 heavy (non-hydrogen) atoms. The van der Waals surface area contributed by atoms with E-state index in [0.717, 1.165) is 16.8 Å². The highest BCUT2D eigenvalue weighted by atomic mass is 35.5. The third-order valence-corrected chi connectivity index (χ3v) is 5.34. The van der Waals surface area contributed by atoms with Crippen molar-refractivity contribution in [3.05, 3.63) is 50.4 Å². The minimum absolute atomic E-state index is 0.0377. The zero-order chi connectivity index (χ0) is 22.2. The monoisotopic (exact) mass is 432 g/mol. The molecule has 0 saturated heterocycles. The average Bonchev–Trinajstić information content (AvgIpc) is 3.02. The van der Waals surface area contributed by atoms with Gasteiger partial charge in [-0.2, -0.15) is 4.98 Å². The molecule has 0 unspecified atom stereocenters. The van der Waals surface area contributed by atoms with E-state index in [1.807, 2.05) is 24.3 Å². The molecule has 2 heterocycles. The Balaban J connectivity index is 1.85. The van der Waals surface area contributed by atoms with Crippen LogP contribution in [0.4, 0.5) is 11.4 Å². The van der Waals surface area contributed by atoms with Gasteiger partial charge in [0.1, 0.15) is 6.54 Å². The number of fused-ring (bicyclic) bond motifs is 1. The first-order valence-electron chi connectivity index (χ1n) is 9.64. The highest BCUT2D eigenvalue weighted by molar-refractivity contribution is 6.29. The van der Waals surface area contributed by atoms with Crippen LogP contribution in [0.15, 0.2) is 33.9 Å². The van der Waals surface area contributed by atoms with Crippen LogP contribution in [0.3, 0.4) is 0 Å². The number of carbonyl (C=O) groups excluding carboxylic acids is 1. The molecule has 0 bridgehead atoms. The van der Waals surface area contributed by atoms with Crippen LogP contribution in [0.25, 0.3) is 11.2 Å². The average molecular weight is 433 g/mol. The van der Waals surface area contributed by atoms with Gasteiger partial charge in [0, 0.05) is 38.1 Å². The number of hydrogen-bond donors (Lipinski definition) is 1. The Morgan fingerprint density at radius 1 is 1.17 bits per heavy atom. The number of nitrogens with one attached hydrogen (secondary N) is 1. The van der Waals surface area contributed by atoms with Crippen LogP contribution in [-0.2, 0) is 25.4 Å². The number of benzene rings is 1. The molecule has 10 heteroatoms. The second kappa shape index (κ2) is 8.35. The van der Waals surface area contributed by atoms with Gasteiger partial charge in [0.05, 0.1) is 0 Å². The minimum atomic E-state index is -0.557. The van der Waals surface area contributed by atoms with Crippen molar-refractivity contribution in [2.24, 2.45) is 14.1 Å². The molecule has 0 aliphatic rings. The van der Waals surface area contributed by atoms with Gasteiger partial charge in [-0.1, -0.05) is 0 Å². The van der Waals surface area contributed by atoms with Crippen LogP contribution < -0.4 is 21.5 Å². The fraction of sp³-hybridized carbons (Fsp3) is 0.400. The molecule has 0 saturated carbocycles. The van der Waals surface area contributed by atoms with Gasteiger partial charge in [0.2, 0.25) is 11.2 Å². The van der Waals surface area contributed by atoms with Gasteiger partial charge < -0.3 is 10.2 Å². The molecule has 0 fully saturated rings. The molecule has 1 amide bonds. The van der Waals surface area contributed by atoms with Crippen LogP contribution in [0, 0.1) is 0 Å². The Morgan fingerprint density at radius 2 is 1.80 bits per heavy atom. The standard InChI is InChI=1S/C20H25ClN6O3/c1-6-26(12(2)3)14-9-7-13(8-10-14)22-15(28)11-27-16-17(23-19(27)21)24(4)20(30)25(5)18(16)29/h7-10,12H,6,11H2,1-5H3,(H,22,28). The molecule has 0 aliphatic heterocycles. The lowest BCUT2D eigenvalue weighted by Gasteiger charge is -2.27. The van der Waals surface area contributed by atoms with Gasteiger partial charge >= 0.3 is 5.69 Å². The Labute approximate surface area is 178 Å². The summed E-state index contributed by atoms with van der Waals surface area (Å²) in [6.07, 6.45) is 0. The number of rotatable bonds is 6. The number of anilines is 2. The highest BCUT2D eigenvalue weighted by Crippen LogP contribution is 2.20. The van der Waals surface area contributed by atoms with Crippen LogP contribution in [0.1, 0.15) is 20.8 Å². The summed E-state index contributed by atoms with van der Waals surface area (Å²) in [6, 6.07) is 7.92. The molecular formula is C20H25ClN6O3. The summed E-state index contributed by atoms with van der Waals surface area (Å²) in [7, 11) is 2.86. The summed E-state index contributed by atoms with van der Waals surface area (Å²) in [5.41, 5.74) is 0.867. The zero-order valence-electron chi connectivity index (χ0n) is 17.6. The molecule has 160 valence electrons. The lowest BCUT2D eigenvalue weighted by Crippen LogP contribution is -2.37. The fourth-order valence-corrected chi connectivity index (χ4v) is 3.71. The normalized spacial score (nSPS) is 11.3. The van der Waals surface area contributed by atoms with E-state index < -0.39 is 11.2 Å². The van der Waals surface area contributed by atoms with Crippen molar-refractivity contribution in [3.8, 4) is 0 Å². The van der Waals surface area contributed by atoms with E-state index in [-0.39, 0.29) is 28.9 Å². The molecule has 0 radical (unpaired) electrons. The van der Waals surface area contributed by atoms with Crippen LogP contribution in [-0.4, -0.2) is 37.2 Å². The second-order valence-electron chi connectivity index (χ2n) is 7.32. The maximum atomic E-state index is 12.6. The van der Waals surface area contributed by atoms with Crippen molar-refractivity contribution < 1.29 is 4.79 Å². The van der Waals surface area contributed by atoms with Crippen molar-refractivity contribution in [1.29, 1.82) is 0 Å². The van der Waals surface area contributed by atoms with Gasteiger partial charge in [-0.05, 0) is 56.6 Å². The predicted octanol–water partition coefficient (Wildman–Crippen LogP) is 1.96. The predicted molar refractivity (Wildman–Crippen MR) is 118 cm³/mol. The van der Waals surface area contributed by atoms with Gasteiger partial charge in [-0.25, -0.2) is 4.79 Å². The number of hydrogen-bond acceptors (Lipinski definition) is 5. The van der Waals surface area contributed by atoms with Gasteiger partial charge in [0.25, 0.3) is 5.56 Å². The number of nitrogens with zero attached hydrogens (tertiary/aromatic N) is 5. The van der Waals surface area contributed by atoms with E-state index in [0.29, 0.717) is 11.7 Å². The molecule has 0 atom stereocenters. The maximum absolute atomic E-state index is 12.6. The van der Waals surface area contributed by atoms with E-state index >= 15 is 0 Å². The van der Waals surface area contributed by atoms with Crippen LogP contribution >= 0.6 is 11.6 Å². The Hall–Kier alpha value is -3.07. The Morgan fingerprint density at radius 3 is 2.37 bits per heavy atom. The van der Waals surface area contributed by atoms with E-state index in [4.69, 9.17) is 11.6 Å². The Kier molecular flexibility index (Phi) is 6.02. The number of aryl methyl sites for hydroxylation is 1. The zero-order valence-corrected chi connectivity index (χ0v) is 18.4. The van der Waals surface area contributed by atoms with Crippen molar-refractivity contribution in [2.75, 3.05) is 16.8 Å². The van der Waals surface area contributed by atoms with Crippen molar-refractivity contribution >= 4 is 40.0 Å². The first-order chi connectivity index (χ1) is 14.1. The van der Waals surface area contributed by atoms with Gasteiger partial charge in [0.15, 0.2) is 11.2 Å². The minimum Gasteiger partial charge on any atom is -0.369 e. The SMILES string of the molecule is CCN(c1ccc(NC(=O)Cn2c(Cl)nc3c2c(=O)n(C)c(=O)n3C)cc1)C(C)C. The Bertz CT molecular complexity index is 1210. The lowest BCUT2D eigenvalue weighted by molar-refractivity contribution is -0.116. The molecule has 9 nitrogen and oxygen atoms in total. The highest BCUT2D eigenvalue weighted by Gasteiger charge is 2.20. The smallest absolute Gasteiger partial charge is 0.332 e. The van der Waals surface area contributed by atoms with Gasteiger partial charge in [-0.3, -0.25) is 23.3 Å². The molecular weight excluding hydrogens is 408 g/mol. The van der Waals surface area contributed by atoms with Crippen molar-refractivity contribution in [1.82, 2.24) is 18.7 Å². The van der Waals surface area contributed by atoms with Gasteiger partial charge in [-0.15, -0.1) is 0 Å². The molecule has 0 aliphatic carbocycles. The van der Waals surface area contributed by atoms with E-state index in [1.54, 1.807) is 0 Å². The van der Waals surface area contributed by atoms with Crippen molar-refractivity contribution in [3.63, 3.8) is 0 Å². The number of imidazole rings is 1. The van der Waals surface area contributed by atoms with E-state index in [1.165, 1.54) is 23.2 Å². The summed E-state index contributed by atoms with van der Waals surface area (Å²) in [5.74, 6) is -0.365. The number of carbonyl (C=O) groups is 1. The molecule has 0 spiro atoms. The van der Waals surface area contributed by atoms with E-state index in [2.05, 4.69) is 36.0 Å². The molecule has 3 rings (SSSR count). The lowest BCUT2D eigenvalue weighted by atomic mass is 10.2. The van der Waals surface area contributed by atoms with Crippen molar-refractivity contribution in [2.45, 2.75) is 33.4 Å². The quantitative estimate of drug-likeness (QED) is 0.601. The number of amides is 1. The summed E-state index contributed by atoms with van der Waals surface area (Å²) in [4.78, 5) is 43.6. The third-order valence-electron chi connectivity index (χ3n) is 5.05.